The van der Waals surface area contributed by atoms with Gasteiger partial charge in [0.05, 0.1) is 6.54 Å². The molecule has 0 aromatic heterocycles. The van der Waals surface area contributed by atoms with E-state index in [0.29, 0.717) is 13.0 Å². The minimum absolute atomic E-state index is 0.0112. The lowest BCUT2D eigenvalue weighted by Crippen LogP contribution is -2.57. The largest absolute Gasteiger partial charge is 0.345 e. The molecular formula is C14H18N2O2. The molecule has 0 bridgehead atoms. The third-order valence-electron chi connectivity index (χ3n) is 3.24. The van der Waals surface area contributed by atoms with Crippen molar-refractivity contribution < 1.29 is 9.59 Å². The number of carbonyl (C=O) groups excluding carboxylic acids is 2. The first kappa shape index (κ1) is 12.6. The average Bonchev–Trinajstić information content (AvgIpc) is 2.34. The van der Waals surface area contributed by atoms with E-state index in [4.69, 9.17) is 0 Å². The van der Waals surface area contributed by atoms with Gasteiger partial charge in [-0.2, -0.15) is 0 Å². The van der Waals surface area contributed by atoms with Crippen LogP contribution in [0.4, 0.5) is 0 Å². The zero-order chi connectivity index (χ0) is 13.1. The molecule has 2 rings (SSSR count). The maximum atomic E-state index is 11.9. The molecule has 1 saturated heterocycles. The Kier molecular flexibility index (Phi) is 3.65. The van der Waals surface area contributed by atoms with Gasteiger partial charge in [-0.15, -0.1) is 0 Å². The third kappa shape index (κ3) is 2.53. The Hall–Kier alpha value is -1.84. The van der Waals surface area contributed by atoms with Crippen LogP contribution in [0.15, 0.2) is 24.3 Å². The highest BCUT2D eigenvalue weighted by molar-refractivity contribution is 5.94. The van der Waals surface area contributed by atoms with Crippen LogP contribution in [-0.4, -0.2) is 29.3 Å². The molecule has 4 heteroatoms. The molecule has 1 aliphatic rings. The van der Waals surface area contributed by atoms with Crippen LogP contribution in [-0.2, 0) is 16.1 Å². The first-order valence-electron chi connectivity index (χ1n) is 6.24. The number of rotatable bonds is 3. The van der Waals surface area contributed by atoms with Gasteiger partial charge < -0.3 is 10.2 Å². The molecule has 1 heterocycles. The van der Waals surface area contributed by atoms with E-state index in [-0.39, 0.29) is 24.4 Å². The van der Waals surface area contributed by atoms with E-state index in [1.165, 1.54) is 0 Å². The van der Waals surface area contributed by atoms with Gasteiger partial charge in [0, 0.05) is 6.54 Å². The lowest BCUT2D eigenvalue weighted by molar-refractivity contribution is -0.146. The maximum absolute atomic E-state index is 11.9. The molecule has 1 aromatic carbocycles. The lowest BCUT2D eigenvalue weighted by atomic mass is 10.1. The molecule has 0 radical (unpaired) electrons. The highest BCUT2D eigenvalue weighted by Gasteiger charge is 2.32. The molecule has 0 spiro atoms. The summed E-state index contributed by atoms with van der Waals surface area (Å²) in [6, 6.07) is 7.68. The van der Waals surface area contributed by atoms with Crippen molar-refractivity contribution >= 4 is 11.8 Å². The zero-order valence-electron chi connectivity index (χ0n) is 10.8. The van der Waals surface area contributed by atoms with Crippen LogP contribution in [0, 0.1) is 6.92 Å². The second-order valence-corrected chi connectivity index (χ2v) is 4.65. The number of amides is 2. The molecule has 1 unspecified atom stereocenters. The molecular weight excluding hydrogens is 228 g/mol. The molecule has 1 aliphatic heterocycles. The normalized spacial score (nSPS) is 19.9. The Balaban J connectivity index is 2.19. The van der Waals surface area contributed by atoms with Crippen LogP contribution >= 0.6 is 0 Å². The monoisotopic (exact) mass is 246 g/mol. The molecule has 96 valence electrons. The second kappa shape index (κ2) is 5.21. The number of nitrogens with zero attached hydrogens (tertiary/aromatic N) is 1. The summed E-state index contributed by atoms with van der Waals surface area (Å²) in [5, 5.41) is 2.63. The summed E-state index contributed by atoms with van der Waals surface area (Å²) in [6.45, 7) is 4.56. The van der Waals surface area contributed by atoms with Gasteiger partial charge in [0.2, 0.25) is 11.8 Å². The van der Waals surface area contributed by atoms with E-state index in [1.54, 1.807) is 4.90 Å². The molecule has 2 amide bonds. The van der Waals surface area contributed by atoms with Gasteiger partial charge in [-0.25, -0.2) is 0 Å². The van der Waals surface area contributed by atoms with Gasteiger partial charge in [-0.1, -0.05) is 36.8 Å². The van der Waals surface area contributed by atoms with Crippen molar-refractivity contribution in [3.63, 3.8) is 0 Å². The van der Waals surface area contributed by atoms with Crippen molar-refractivity contribution in [2.24, 2.45) is 0 Å². The van der Waals surface area contributed by atoms with E-state index in [1.807, 2.05) is 38.1 Å². The summed E-state index contributed by atoms with van der Waals surface area (Å²) >= 11 is 0. The minimum atomic E-state index is -0.341. The zero-order valence-corrected chi connectivity index (χ0v) is 10.8. The van der Waals surface area contributed by atoms with Crippen LogP contribution in [0.3, 0.4) is 0 Å². The standard InChI is InChI=1S/C14H18N2O2/c1-3-12-14(18)15-8-13(17)16(12)9-11-6-4-5-10(2)7-11/h4-7,12H,3,8-9H2,1-2H3,(H,15,18). The second-order valence-electron chi connectivity index (χ2n) is 4.65. The molecule has 1 atom stereocenters. The number of carbonyl (C=O) groups is 2. The number of benzene rings is 1. The fraction of sp³-hybridized carbons (Fsp3) is 0.429. The molecule has 0 aliphatic carbocycles. The number of hydrogen-bond donors (Lipinski definition) is 1. The molecule has 1 N–H and O–H groups in total. The summed E-state index contributed by atoms with van der Waals surface area (Å²) in [6.07, 6.45) is 0.642. The fourth-order valence-electron chi connectivity index (χ4n) is 2.31. The predicted molar refractivity (Wildman–Crippen MR) is 68.8 cm³/mol. The van der Waals surface area contributed by atoms with Crippen molar-refractivity contribution in [2.45, 2.75) is 32.9 Å². The van der Waals surface area contributed by atoms with Crippen LogP contribution in [0.25, 0.3) is 0 Å². The van der Waals surface area contributed by atoms with Crippen LogP contribution in [0.1, 0.15) is 24.5 Å². The van der Waals surface area contributed by atoms with Gasteiger partial charge in [-0.05, 0) is 18.9 Å². The lowest BCUT2D eigenvalue weighted by Gasteiger charge is -2.34. The first-order chi connectivity index (χ1) is 8.61. The van der Waals surface area contributed by atoms with Gasteiger partial charge in [0.1, 0.15) is 6.04 Å². The first-order valence-corrected chi connectivity index (χ1v) is 6.24. The van der Waals surface area contributed by atoms with Crippen LogP contribution in [0.2, 0.25) is 0 Å². The molecule has 4 nitrogen and oxygen atoms in total. The SMILES string of the molecule is CCC1C(=O)NCC(=O)N1Cc1cccc(C)c1. The highest BCUT2D eigenvalue weighted by Crippen LogP contribution is 2.15. The topological polar surface area (TPSA) is 49.4 Å². The van der Waals surface area contributed by atoms with Crippen molar-refractivity contribution in [1.29, 1.82) is 0 Å². The summed E-state index contributed by atoms with van der Waals surface area (Å²) in [5.74, 6) is -0.0623. The average molecular weight is 246 g/mol. The highest BCUT2D eigenvalue weighted by atomic mass is 16.2. The third-order valence-corrected chi connectivity index (χ3v) is 3.24. The number of nitrogens with one attached hydrogen (secondary N) is 1. The summed E-state index contributed by atoms with van der Waals surface area (Å²) in [4.78, 5) is 25.3. The summed E-state index contributed by atoms with van der Waals surface area (Å²) in [5.41, 5.74) is 2.23. The molecule has 18 heavy (non-hydrogen) atoms. The van der Waals surface area contributed by atoms with Crippen molar-refractivity contribution in [3.8, 4) is 0 Å². The van der Waals surface area contributed by atoms with E-state index in [2.05, 4.69) is 5.32 Å². The van der Waals surface area contributed by atoms with E-state index in [0.717, 1.165) is 11.1 Å². The number of aryl methyl sites for hydroxylation is 1. The minimum Gasteiger partial charge on any atom is -0.345 e. The smallest absolute Gasteiger partial charge is 0.243 e. The number of piperazine rings is 1. The van der Waals surface area contributed by atoms with Crippen molar-refractivity contribution in [3.05, 3.63) is 35.4 Å². The van der Waals surface area contributed by atoms with E-state index < -0.39 is 0 Å². The Labute approximate surface area is 107 Å². The van der Waals surface area contributed by atoms with Crippen LogP contribution < -0.4 is 5.32 Å². The summed E-state index contributed by atoms with van der Waals surface area (Å²) < 4.78 is 0. The Bertz CT molecular complexity index is 471. The quantitative estimate of drug-likeness (QED) is 0.872. The van der Waals surface area contributed by atoms with Crippen LogP contribution in [0.5, 0.6) is 0 Å². The molecule has 1 fully saturated rings. The predicted octanol–water partition coefficient (Wildman–Crippen LogP) is 1.23. The summed E-state index contributed by atoms with van der Waals surface area (Å²) in [7, 11) is 0. The van der Waals surface area contributed by atoms with E-state index >= 15 is 0 Å². The van der Waals surface area contributed by atoms with E-state index in [9.17, 15) is 9.59 Å². The van der Waals surface area contributed by atoms with Gasteiger partial charge in [-0.3, -0.25) is 9.59 Å². The van der Waals surface area contributed by atoms with Crippen molar-refractivity contribution in [1.82, 2.24) is 10.2 Å². The Morgan fingerprint density at radius 2 is 2.17 bits per heavy atom. The molecule has 0 saturated carbocycles. The van der Waals surface area contributed by atoms with Crippen molar-refractivity contribution in [2.75, 3.05) is 6.54 Å². The fourth-order valence-corrected chi connectivity index (χ4v) is 2.31. The van der Waals surface area contributed by atoms with Gasteiger partial charge in [0.15, 0.2) is 0 Å². The Morgan fingerprint density at radius 1 is 1.39 bits per heavy atom. The molecule has 1 aromatic rings. The maximum Gasteiger partial charge on any atom is 0.243 e. The van der Waals surface area contributed by atoms with Gasteiger partial charge in [0.25, 0.3) is 0 Å². The Morgan fingerprint density at radius 3 is 2.83 bits per heavy atom. The van der Waals surface area contributed by atoms with Gasteiger partial charge >= 0.3 is 0 Å². The number of hydrogen-bond acceptors (Lipinski definition) is 2.